The molecule has 3 atom stereocenters. The first-order valence-electron chi connectivity index (χ1n) is 11.7. The summed E-state index contributed by atoms with van der Waals surface area (Å²) in [6.07, 6.45) is -0.365. The smallest absolute Gasteiger partial charge is 0.305 e. The topological polar surface area (TPSA) is 162 Å². The Hall–Kier alpha value is -3.38. The standard InChI is InChI=1S/C24H30Cl2N4O8/c1-12(2)20(28-22(35)14-7-16(25)21(38-4)17(26)8-14)24(37)30-6-5-29(13(3)32)10-18(30)23(36)27-15(11-31)9-19(33)34/h7-8,11-12,15,18,20H,5-6,9-10H2,1-4H3,(H,27,36)(H,28,35)(H,33,34)/t15-,18?,20-/m0/s1. The second-order valence-electron chi connectivity index (χ2n) is 9.03. The van der Waals surface area contributed by atoms with E-state index in [1.807, 2.05) is 0 Å². The van der Waals surface area contributed by atoms with Gasteiger partial charge >= 0.3 is 5.97 Å². The van der Waals surface area contributed by atoms with Crippen molar-refractivity contribution in [2.24, 2.45) is 5.92 Å². The number of piperazine rings is 1. The van der Waals surface area contributed by atoms with Gasteiger partial charge in [0.15, 0.2) is 5.75 Å². The second kappa shape index (κ2) is 13.4. The lowest BCUT2D eigenvalue weighted by atomic mass is 9.99. The van der Waals surface area contributed by atoms with Gasteiger partial charge in [-0.1, -0.05) is 37.0 Å². The summed E-state index contributed by atoms with van der Waals surface area (Å²) < 4.78 is 5.09. The van der Waals surface area contributed by atoms with E-state index in [0.29, 0.717) is 0 Å². The Balaban J connectivity index is 2.32. The minimum Gasteiger partial charge on any atom is -0.494 e. The number of methoxy groups -OCH3 is 1. The summed E-state index contributed by atoms with van der Waals surface area (Å²) in [6, 6.07) is -0.947. The average Bonchev–Trinajstić information content (AvgIpc) is 2.85. The highest BCUT2D eigenvalue weighted by molar-refractivity contribution is 6.37. The molecule has 0 radical (unpaired) electrons. The third-order valence-corrected chi connectivity index (χ3v) is 6.54. The van der Waals surface area contributed by atoms with Gasteiger partial charge in [0.2, 0.25) is 17.7 Å². The van der Waals surface area contributed by atoms with Crippen molar-refractivity contribution in [1.82, 2.24) is 20.4 Å². The fraction of sp³-hybridized carbons (Fsp3) is 0.500. The van der Waals surface area contributed by atoms with E-state index in [1.54, 1.807) is 13.8 Å². The third-order valence-electron chi connectivity index (χ3n) is 5.98. The molecule has 0 spiro atoms. The molecule has 1 aliphatic heterocycles. The van der Waals surface area contributed by atoms with Crippen LogP contribution in [0.15, 0.2) is 12.1 Å². The van der Waals surface area contributed by atoms with Crippen LogP contribution in [0, 0.1) is 5.92 Å². The maximum atomic E-state index is 13.7. The van der Waals surface area contributed by atoms with E-state index in [2.05, 4.69) is 10.6 Å². The molecule has 0 aliphatic carbocycles. The number of carbonyl (C=O) groups is 6. The Morgan fingerprint density at radius 2 is 1.74 bits per heavy atom. The lowest BCUT2D eigenvalue weighted by molar-refractivity contribution is -0.150. The lowest BCUT2D eigenvalue weighted by Gasteiger charge is -2.42. The zero-order valence-electron chi connectivity index (χ0n) is 21.3. The number of nitrogens with one attached hydrogen (secondary N) is 2. The van der Waals surface area contributed by atoms with Crippen LogP contribution < -0.4 is 15.4 Å². The highest BCUT2D eigenvalue weighted by atomic mass is 35.5. The molecule has 1 saturated heterocycles. The molecule has 1 unspecified atom stereocenters. The Kier molecular flexibility index (Phi) is 10.9. The largest absolute Gasteiger partial charge is 0.494 e. The number of nitrogens with zero attached hydrogens (tertiary/aromatic N) is 2. The van der Waals surface area contributed by atoms with Gasteiger partial charge in [-0.25, -0.2) is 0 Å². The fourth-order valence-corrected chi connectivity index (χ4v) is 4.60. The summed E-state index contributed by atoms with van der Waals surface area (Å²) >= 11 is 12.3. The summed E-state index contributed by atoms with van der Waals surface area (Å²) in [4.78, 5) is 76.6. The molecule has 1 fully saturated rings. The van der Waals surface area contributed by atoms with Crippen LogP contribution in [0.2, 0.25) is 10.0 Å². The second-order valence-corrected chi connectivity index (χ2v) is 9.84. The zero-order chi connectivity index (χ0) is 28.7. The van der Waals surface area contributed by atoms with Gasteiger partial charge in [-0.05, 0) is 18.1 Å². The van der Waals surface area contributed by atoms with Gasteiger partial charge in [0.25, 0.3) is 5.91 Å². The number of hydrogen-bond acceptors (Lipinski definition) is 7. The molecule has 208 valence electrons. The van der Waals surface area contributed by atoms with E-state index < -0.39 is 54.2 Å². The van der Waals surface area contributed by atoms with Crippen LogP contribution in [0.25, 0.3) is 0 Å². The molecular weight excluding hydrogens is 543 g/mol. The van der Waals surface area contributed by atoms with Crippen LogP contribution in [0.1, 0.15) is 37.6 Å². The van der Waals surface area contributed by atoms with E-state index in [0.717, 1.165) is 0 Å². The molecule has 1 aliphatic rings. The van der Waals surface area contributed by atoms with E-state index in [9.17, 15) is 28.8 Å². The van der Waals surface area contributed by atoms with E-state index >= 15 is 0 Å². The number of carboxylic acid groups (broad SMARTS) is 1. The number of aliphatic carboxylic acids is 1. The number of benzene rings is 1. The molecule has 2 rings (SSSR count). The molecular formula is C24H30Cl2N4O8. The van der Waals surface area contributed by atoms with E-state index in [-0.39, 0.29) is 53.2 Å². The van der Waals surface area contributed by atoms with Gasteiger partial charge in [-0.3, -0.25) is 24.0 Å². The summed E-state index contributed by atoms with van der Waals surface area (Å²) in [5.74, 6) is -3.89. The summed E-state index contributed by atoms with van der Waals surface area (Å²) in [6.45, 7) is 4.65. The predicted molar refractivity (Wildman–Crippen MR) is 137 cm³/mol. The Morgan fingerprint density at radius 1 is 1.13 bits per heavy atom. The number of aldehydes is 1. The normalized spacial score (nSPS) is 16.9. The quantitative estimate of drug-likeness (QED) is 0.349. The zero-order valence-corrected chi connectivity index (χ0v) is 22.8. The minimum absolute atomic E-state index is 0.0273. The van der Waals surface area contributed by atoms with Gasteiger partial charge in [0.1, 0.15) is 18.4 Å². The van der Waals surface area contributed by atoms with E-state index in [4.69, 9.17) is 33.0 Å². The molecule has 1 heterocycles. The van der Waals surface area contributed by atoms with Crippen molar-refractivity contribution in [3.05, 3.63) is 27.7 Å². The van der Waals surface area contributed by atoms with Gasteiger partial charge in [0, 0.05) is 25.6 Å². The summed E-state index contributed by atoms with van der Waals surface area (Å²) in [7, 11) is 1.37. The van der Waals surface area contributed by atoms with Crippen LogP contribution in [0.4, 0.5) is 0 Å². The Bertz CT molecular complexity index is 1090. The molecule has 0 bridgehead atoms. The molecule has 3 N–H and O–H groups in total. The molecule has 38 heavy (non-hydrogen) atoms. The monoisotopic (exact) mass is 572 g/mol. The third kappa shape index (κ3) is 7.57. The van der Waals surface area contributed by atoms with Crippen molar-refractivity contribution in [3.63, 3.8) is 0 Å². The maximum Gasteiger partial charge on any atom is 0.305 e. The van der Waals surface area contributed by atoms with Crippen LogP contribution in [0.3, 0.4) is 0 Å². The number of carboxylic acids is 1. The van der Waals surface area contributed by atoms with Gasteiger partial charge in [-0.15, -0.1) is 0 Å². The number of hydrogen-bond donors (Lipinski definition) is 3. The van der Waals surface area contributed by atoms with Crippen molar-refractivity contribution in [2.45, 2.75) is 45.3 Å². The average molecular weight is 573 g/mol. The highest BCUT2D eigenvalue weighted by Crippen LogP contribution is 2.33. The van der Waals surface area contributed by atoms with Crippen LogP contribution in [-0.2, 0) is 24.0 Å². The van der Waals surface area contributed by atoms with Crippen LogP contribution in [0.5, 0.6) is 5.75 Å². The molecule has 1 aromatic rings. The minimum atomic E-state index is -1.32. The van der Waals surface area contributed by atoms with Gasteiger partial charge in [-0.2, -0.15) is 0 Å². The first-order valence-corrected chi connectivity index (χ1v) is 12.4. The van der Waals surface area contributed by atoms with Crippen molar-refractivity contribution < 1.29 is 38.6 Å². The Morgan fingerprint density at radius 3 is 2.21 bits per heavy atom. The lowest BCUT2D eigenvalue weighted by Crippen LogP contribution is -2.65. The van der Waals surface area contributed by atoms with Crippen molar-refractivity contribution >= 4 is 59.1 Å². The Labute approximate surface area is 229 Å². The van der Waals surface area contributed by atoms with Crippen LogP contribution in [-0.4, -0.2) is 95.7 Å². The summed E-state index contributed by atoms with van der Waals surface area (Å²) in [5.41, 5.74) is 0.0810. The van der Waals surface area contributed by atoms with Gasteiger partial charge < -0.3 is 35.1 Å². The van der Waals surface area contributed by atoms with Gasteiger partial charge in [0.05, 0.1) is 36.2 Å². The number of amides is 4. The SMILES string of the molecule is COc1c(Cl)cc(C(=O)N[C@H](C(=O)N2CCN(C(C)=O)CC2C(=O)N[C@H](C=O)CC(=O)O)C(C)C)cc1Cl. The highest BCUT2D eigenvalue weighted by Gasteiger charge is 2.40. The number of rotatable bonds is 10. The molecule has 1 aromatic carbocycles. The van der Waals surface area contributed by atoms with Crippen molar-refractivity contribution in [3.8, 4) is 5.75 Å². The summed E-state index contributed by atoms with van der Waals surface area (Å²) in [5, 5.41) is 14.2. The maximum absolute atomic E-state index is 13.7. The molecule has 12 nitrogen and oxygen atoms in total. The van der Waals surface area contributed by atoms with Crippen molar-refractivity contribution in [2.75, 3.05) is 26.7 Å². The number of carbonyl (C=O) groups excluding carboxylic acids is 5. The first kappa shape index (κ1) is 30.8. The van der Waals surface area contributed by atoms with Crippen LogP contribution >= 0.6 is 23.2 Å². The first-order chi connectivity index (χ1) is 17.8. The number of halogens is 2. The molecule has 4 amide bonds. The molecule has 0 aromatic heterocycles. The molecule has 0 saturated carbocycles. The predicted octanol–water partition coefficient (Wildman–Crippen LogP) is 0.974. The fourth-order valence-electron chi connectivity index (χ4n) is 3.96. The number of ether oxygens (including phenoxy) is 1. The molecule has 14 heteroatoms. The van der Waals surface area contributed by atoms with Crippen molar-refractivity contribution in [1.29, 1.82) is 0 Å². The van der Waals surface area contributed by atoms with E-state index in [1.165, 1.54) is 36.0 Å².